The van der Waals surface area contributed by atoms with Gasteiger partial charge >= 0.3 is 0 Å². The van der Waals surface area contributed by atoms with Crippen molar-refractivity contribution >= 4 is 29.1 Å². The number of amides is 2. The molecule has 1 aliphatic rings. The number of aromatic nitrogens is 2. The van der Waals surface area contributed by atoms with E-state index in [4.69, 9.17) is 0 Å². The largest absolute Gasteiger partial charge is 0.339 e. The molecule has 7 nitrogen and oxygen atoms in total. The minimum absolute atomic E-state index is 0.00842. The van der Waals surface area contributed by atoms with Crippen LogP contribution in [0.25, 0.3) is 0 Å². The van der Waals surface area contributed by atoms with E-state index in [1.54, 1.807) is 24.5 Å². The maximum atomic E-state index is 12.4. The van der Waals surface area contributed by atoms with E-state index in [0.717, 1.165) is 37.3 Å². The molecule has 25 heavy (non-hydrogen) atoms. The molecular weight excluding hydrogens is 318 g/mol. The van der Waals surface area contributed by atoms with Crippen LogP contribution in [0.4, 0.5) is 17.3 Å². The van der Waals surface area contributed by atoms with Crippen LogP contribution in [-0.4, -0.2) is 39.8 Å². The maximum Gasteiger partial charge on any atom is 0.256 e. The van der Waals surface area contributed by atoms with Gasteiger partial charge in [0.05, 0.1) is 5.56 Å². The molecule has 0 spiro atoms. The van der Waals surface area contributed by atoms with Crippen molar-refractivity contribution in [3.63, 3.8) is 0 Å². The van der Waals surface area contributed by atoms with Crippen molar-refractivity contribution in [3.05, 3.63) is 42.2 Å². The summed E-state index contributed by atoms with van der Waals surface area (Å²) >= 11 is 0. The standard InChI is InChI=1S/C18H21N5O2/c1-13(24)21-15-5-7-16(8-6-15)22-18-19-11-14(12-20-18)17(25)23-9-3-2-4-10-23/h5-8,11-12H,2-4,9-10H2,1H3,(H,21,24)(H,19,20,22). The van der Waals surface area contributed by atoms with Crippen LogP contribution in [0.3, 0.4) is 0 Å². The number of rotatable bonds is 4. The summed E-state index contributed by atoms with van der Waals surface area (Å²) in [5, 5.41) is 5.78. The number of nitrogens with zero attached hydrogens (tertiary/aromatic N) is 3. The van der Waals surface area contributed by atoms with Crippen molar-refractivity contribution < 1.29 is 9.59 Å². The molecule has 0 bridgehead atoms. The van der Waals surface area contributed by atoms with Gasteiger partial charge in [-0.15, -0.1) is 0 Å². The first-order valence-electron chi connectivity index (χ1n) is 8.38. The van der Waals surface area contributed by atoms with E-state index in [-0.39, 0.29) is 11.8 Å². The molecule has 3 rings (SSSR count). The van der Waals surface area contributed by atoms with Gasteiger partial charge in [0.1, 0.15) is 0 Å². The van der Waals surface area contributed by atoms with Crippen LogP contribution in [0.15, 0.2) is 36.7 Å². The molecule has 1 aromatic heterocycles. The first-order valence-corrected chi connectivity index (χ1v) is 8.38. The summed E-state index contributed by atoms with van der Waals surface area (Å²) in [6.07, 6.45) is 6.40. The zero-order valence-electron chi connectivity index (χ0n) is 14.2. The third-order valence-electron chi connectivity index (χ3n) is 4.00. The number of carbonyl (C=O) groups is 2. The van der Waals surface area contributed by atoms with Crippen LogP contribution in [-0.2, 0) is 4.79 Å². The van der Waals surface area contributed by atoms with Gasteiger partial charge in [0.25, 0.3) is 5.91 Å². The number of hydrogen-bond acceptors (Lipinski definition) is 5. The number of hydrogen-bond donors (Lipinski definition) is 2. The SMILES string of the molecule is CC(=O)Nc1ccc(Nc2ncc(C(=O)N3CCCCC3)cn2)cc1. The van der Waals surface area contributed by atoms with E-state index in [9.17, 15) is 9.59 Å². The zero-order chi connectivity index (χ0) is 17.6. The van der Waals surface area contributed by atoms with Crippen molar-refractivity contribution in [2.24, 2.45) is 0 Å². The lowest BCUT2D eigenvalue weighted by molar-refractivity contribution is -0.114. The molecule has 0 radical (unpaired) electrons. The fourth-order valence-corrected chi connectivity index (χ4v) is 2.75. The van der Waals surface area contributed by atoms with Gasteiger partial charge in [-0.1, -0.05) is 0 Å². The van der Waals surface area contributed by atoms with Crippen molar-refractivity contribution in [1.82, 2.24) is 14.9 Å². The van der Waals surface area contributed by atoms with Gasteiger partial charge in [-0.05, 0) is 43.5 Å². The van der Waals surface area contributed by atoms with E-state index < -0.39 is 0 Å². The highest BCUT2D eigenvalue weighted by molar-refractivity contribution is 5.93. The quantitative estimate of drug-likeness (QED) is 0.894. The highest BCUT2D eigenvalue weighted by Crippen LogP contribution is 2.17. The summed E-state index contributed by atoms with van der Waals surface area (Å²) in [7, 11) is 0. The number of benzene rings is 1. The molecule has 2 N–H and O–H groups in total. The minimum Gasteiger partial charge on any atom is -0.339 e. The third-order valence-corrected chi connectivity index (χ3v) is 4.00. The highest BCUT2D eigenvalue weighted by Gasteiger charge is 2.18. The topological polar surface area (TPSA) is 87.2 Å². The fourth-order valence-electron chi connectivity index (χ4n) is 2.75. The second kappa shape index (κ2) is 7.74. The Hall–Kier alpha value is -2.96. The summed E-state index contributed by atoms with van der Waals surface area (Å²) in [5.41, 5.74) is 2.03. The molecule has 0 atom stereocenters. The van der Waals surface area contributed by atoms with Gasteiger partial charge in [-0.3, -0.25) is 9.59 Å². The highest BCUT2D eigenvalue weighted by atomic mass is 16.2. The average Bonchev–Trinajstić information content (AvgIpc) is 2.64. The van der Waals surface area contributed by atoms with Gasteiger partial charge in [0, 0.05) is 43.8 Å². The van der Waals surface area contributed by atoms with E-state index in [2.05, 4.69) is 20.6 Å². The second-order valence-corrected chi connectivity index (χ2v) is 6.03. The molecule has 2 amide bonds. The summed E-state index contributed by atoms with van der Waals surface area (Å²) in [6.45, 7) is 3.08. The van der Waals surface area contributed by atoms with Gasteiger partial charge < -0.3 is 15.5 Å². The molecular formula is C18H21N5O2. The molecule has 0 aliphatic carbocycles. The van der Waals surface area contributed by atoms with E-state index in [1.165, 1.54) is 13.3 Å². The molecule has 2 aromatic rings. The molecule has 1 aliphatic heterocycles. The summed E-state index contributed by atoms with van der Waals surface area (Å²) in [6, 6.07) is 7.22. The van der Waals surface area contributed by atoms with Crippen LogP contribution in [0.5, 0.6) is 0 Å². The number of nitrogens with one attached hydrogen (secondary N) is 2. The monoisotopic (exact) mass is 339 g/mol. The Balaban J connectivity index is 1.62. The maximum absolute atomic E-state index is 12.4. The Morgan fingerprint density at radius 2 is 1.56 bits per heavy atom. The normalized spacial score (nSPS) is 14.0. The van der Waals surface area contributed by atoms with Crippen molar-refractivity contribution in [1.29, 1.82) is 0 Å². The Morgan fingerprint density at radius 3 is 2.16 bits per heavy atom. The van der Waals surface area contributed by atoms with Gasteiger partial charge in [0.15, 0.2) is 0 Å². The Labute approximate surface area is 146 Å². The zero-order valence-corrected chi connectivity index (χ0v) is 14.2. The van der Waals surface area contributed by atoms with E-state index in [0.29, 0.717) is 11.5 Å². The first-order chi connectivity index (χ1) is 12.1. The second-order valence-electron chi connectivity index (χ2n) is 6.03. The minimum atomic E-state index is -0.113. The lowest BCUT2D eigenvalue weighted by atomic mass is 10.1. The molecule has 1 aromatic carbocycles. The van der Waals surface area contributed by atoms with Crippen molar-refractivity contribution in [3.8, 4) is 0 Å². The summed E-state index contributed by atoms with van der Waals surface area (Å²) in [4.78, 5) is 33.7. The Kier molecular flexibility index (Phi) is 5.23. The lowest BCUT2D eigenvalue weighted by Gasteiger charge is -2.26. The van der Waals surface area contributed by atoms with Gasteiger partial charge in [-0.2, -0.15) is 0 Å². The third kappa shape index (κ3) is 4.53. The van der Waals surface area contributed by atoms with Crippen LogP contribution in [0.1, 0.15) is 36.5 Å². The smallest absolute Gasteiger partial charge is 0.256 e. The molecule has 0 unspecified atom stereocenters. The molecule has 2 heterocycles. The van der Waals surface area contributed by atoms with Gasteiger partial charge in [0.2, 0.25) is 11.9 Å². The summed E-state index contributed by atoms with van der Waals surface area (Å²) in [5.74, 6) is 0.298. The van der Waals surface area contributed by atoms with Crippen molar-refractivity contribution in [2.75, 3.05) is 23.7 Å². The molecule has 1 saturated heterocycles. The average molecular weight is 339 g/mol. The predicted octanol–water partition coefficient (Wildman–Crippen LogP) is 2.80. The first kappa shape index (κ1) is 16.9. The number of carbonyl (C=O) groups excluding carboxylic acids is 2. The fraction of sp³-hybridized carbons (Fsp3) is 0.333. The number of anilines is 3. The molecule has 7 heteroatoms. The molecule has 0 saturated carbocycles. The molecule has 130 valence electrons. The Bertz CT molecular complexity index is 737. The number of piperidine rings is 1. The van der Waals surface area contributed by atoms with Crippen molar-refractivity contribution in [2.45, 2.75) is 26.2 Å². The number of likely N-dealkylation sites (tertiary alicyclic amines) is 1. The summed E-state index contributed by atoms with van der Waals surface area (Å²) < 4.78 is 0. The van der Waals surface area contributed by atoms with Crippen LogP contribution in [0, 0.1) is 0 Å². The van der Waals surface area contributed by atoms with Gasteiger partial charge in [-0.25, -0.2) is 9.97 Å². The lowest BCUT2D eigenvalue weighted by Crippen LogP contribution is -2.35. The predicted molar refractivity (Wildman–Crippen MR) is 95.8 cm³/mol. The Morgan fingerprint density at radius 1 is 0.960 bits per heavy atom. The van der Waals surface area contributed by atoms with Crippen LogP contribution < -0.4 is 10.6 Å². The van der Waals surface area contributed by atoms with E-state index >= 15 is 0 Å². The molecule has 1 fully saturated rings. The van der Waals surface area contributed by atoms with Crippen LogP contribution in [0.2, 0.25) is 0 Å². The van der Waals surface area contributed by atoms with E-state index in [1.807, 2.05) is 17.0 Å². The van der Waals surface area contributed by atoms with Crippen LogP contribution >= 0.6 is 0 Å².